The van der Waals surface area contributed by atoms with E-state index in [4.69, 9.17) is 19.1 Å². The highest BCUT2D eigenvalue weighted by Crippen LogP contribution is 2.22. The third kappa shape index (κ3) is 11.8. The van der Waals surface area contributed by atoms with E-state index in [1.54, 1.807) is 0 Å². The molecule has 1 aliphatic carbocycles. The lowest BCUT2D eigenvalue weighted by Gasteiger charge is -2.37. The molecule has 1 aromatic rings. The van der Waals surface area contributed by atoms with E-state index >= 15 is 0 Å². The van der Waals surface area contributed by atoms with Crippen LogP contribution in [0.15, 0.2) is 58.5 Å². The molecule has 10 nitrogen and oxygen atoms in total. The maximum Gasteiger partial charge on any atom is 0.133 e. The Bertz CT molecular complexity index is 1280. The fraction of sp³-hybridized carbons (Fsp3) is 0.700. The summed E-state index contributed by atoms with van der Waals surface area (Å²) in [6, 6.07) is 9.18. The van der Waals surface area contributed by atoms with E-state index in [1.807, 2.05) is 6.92 Å². The second-order valence-electron chi connectivity index (χ2n) is 14.9. The first-order valence-electron chi connectivity index (χ1n) is 19.6. The van der Waals surface area contributed by atoms with Crippen LogP contribution < -0.4 is 4.90 Å². The number of unbranched alkanes of at least 4 members (excludes halogenated alkanes) is 1. The van der Waals surface area contributed by atoms with Crippen molar-refractivity contribution in [2.45, 2.75) is 83.8 Å². The molecule has 0 N–H and O–H groups in total. The minimum atomic E-state index is 0.186. The molecule has 276 valence electrons. The van der Waals surface area contributed by atoms with Crippen LogP contribution in [0.25, 0.3) is 0 Å². The van der Waals surface area contributed by atoms with Gasteiger partial charge in [-0.15, -0.1) is 0 Å². The Hall–Kier alpha value is -2.92. The van der Waals surface area contributed by atoms with Gasteiger partial charge in [-0.25, -0.2) is 0 Å². The van der Waals surface area contributed by atoms with Crippen LogP contribution in [0.2, 0.25) is 0 Å². The predicted molar refractivity (Wildman–Crippen MR) is 202 cm³/mol. The van der Waals surface area contributed by atoms with Crippen molar-refractivity contribution in [2.75, 3.05) is 96.8 Å². The summed E-state index contributed by atoms with van der Waals surface area (Å²) in [5.74, 6) is 0.680. The van der Waals surface area contributed by atoms with Gasteiger partial charge >= 0.3 is 0 Å². The van der Waals surface area contributed by atoms with E-state index in [-0.39, 0.29) is 12.2 Å². The molecule has 1 aromatic carbocycles. The van der Waals surface area contributed by atoms with Crippen molar-refractivity contribution in [3.63, 3.8) is 0 Å². The molecule has 5 aliphatic rings. The Labute approximate surface area is 301 Å². The number of aryl methyl sites for hydroxylation is 1. The van der Waals surface area contributed by atoms with E-state index in [9.17, 15) is 0 Å². The molecule has 3 unspecified atom stereocenters. The standard InChI is InChI=1S/C40H62N6O4/c1-33-6-11-38(12-7-33)45-25-21-44(22-26-45)18-5-28-47-29-16-36-31-40(50-41-36)15-10-35-8-13-39(14-9-35)46-23-19-43(20-24-46)17-3-4-27-48-32-37-30-34(2)49-42-37/h6,8-9,11-14,33-34,40H,3-5,7,10,15-32H2,1-2H3. The van der Waals surface area contributed by atoms with E-state index in [0.29, 0.717) is 12.5 Å². The number of allylic oxidation sites excluding steroid dienone is 3. The summed E-state index contributed by atoms with van der Waals surface area (Å²) in [4.78, 5) is 21.2. The summed E-state index contributed by atoms with van der Waals surface area (Å²) >= 11 is 0. The van der Waals surface area contributed by atoms with Gasteiger partial charge < -0.3 is 28.9 Å². The van der Waals surface area contributed by atoms with Crippen LogP contribution in [0.1, 0.15) is 70.8 Å². The summed E-state index contributed by atoms with van der Waals surface area (Å²) in [7, 11) is 0. The molecule has 0 radical (unpaired) electrons. The van der Waals surface area contributed by atoms with Gasteiger partial charge in [0.15, 0.2) is 0 Å². The van der Waals surface area contributed by atoms with Gasteiger partial charge in [0.2, 0.25) is 0 Å². The molecule has 2 fully saturated rings. The van der Waals surface area contributed by atoms with Gasteiger partial charge in [0, 0.05) is 103 Å². The van der Waals surface area contributed by atoms with Crippen LogP contribution in [-0.2, 0) is 25.6 Å². The average molecular weight is 691 g/mol. The zero-order valence-electron chi connectivity index (χ0n) is 30.9. The highest BCUT2D eigenvalue weighted by atomic mass is 16.6. The van der Waals surface area contributed by atoms with Crippen molar-refractivity contribution in [1.82, 2.24) is 14.7 Å². The molecule has 4 heterocycles. The zero-order chi connectivity index (χ0) is 34.4. The molecule has 10 heteroatoms. The van der Waals surface area contributed by atoms with Gasteiger partial charge in [-0.1, -0.05) is 41.5 Å². The first-order chi connectivity index (χ1) is 24.6. The monoisotopic (exact) mass is 690 g/mol. The van der Waals surface area contributed by atoms with E-state index in [0.717, 1.165) is 142 Å². The molecule has 2 saturated heterocycles. The molecule has 0 bridgehead atoms. The van der Waals surface area contributed by atoms with Crippen LogP contribution in [-0.4, -0.2) is 130 Å². The SMILES string of the molecule is CC1C=CC(N2CCN(CCCOCCC3=NOC(CCc4ccc(N5CCN(CCCCOCC6=NOC(C)C6)CC5)cc4)C3)CC2)=CC1. The Morgan fingerprint density at radius 1 is 0.720 bits per heavy atom. The Morgan fingerprint density at radius 2 is 1.44 bits per heavy atom. The number of benzene rings is 1. The summed E-state index contributed by atoms with van der Waals surface area (Å²) in [6.45, 7) is 18.5. The first kappa shape index (κ1) is 36.9. The fourth-order valence-corrected chi connectivity index (χ4v) is 7.47. The molecule has 3 atom stereocenters. The van der Waals surface area contributed by atoms with E-state index in [1.165, 1.54) is 29.8 Å². The topological polar surface area (TPSA) is 74.6 Å². The molecule has 50 heavy (non-hydrogen) atoms. The van der Waals surface area contributed by atoms with E-state index < -0.39 is 0 Å². The molecule has 0 saturated carbocycles. The zero-order valence-corrected chi connectivity index (χ0v) is 30.9. The smallest absolute Gasteiger partial charge is 0.133 e. The maximum atomic E-state index is 5.98. The number of nitrogens with zero attached hydrogens (tertiary/aromatic N) is 6. The van der Waals surface area contributed by atoms with Gasteiger partial charge in [-0.05, 0) is 81.7 Å². The first-order valence-corrected chi connectivity index (χ1v) is 19.6. The Kier molecular flexibility index (Phi) is 14.5. The number of oxime groups is 2. The average Bonchev–Trinajstić information content (AvgIpc) is 3.79. The largest absolute Gasteiger partial charge is 0.392 e. The molecule has 4 aliphatic heterocycles. The predicted octanol–water partition coefficient (Wildman–Crippen LogP) is 5.74. The third-order valence-corrected chi connectivity index (χ3v) is 10.7. The Morgan fingerprint density at radius 3 is 2.16 bits per heavy atom. The molecule has 0 amide bonds. The number of ether oxygens (including phenoxy) is 2. The van der Waals surface area contributed by atoms with Crippen LogP contribution >= 0.6 is 0 Å². The summed E-state index contributed by atoms with van der Waals surface area (Å²) < 4.78 is 11.8. The Balaban J connectivity index is 0.751. The number of hydrogen-bond donors (Lipinski definition) is 0. The molecular formula is C40H62N6O4. The van der Waals surface area contributed by atoms with Crippen molar-refractivity contribution in [1.29, 1.82) is 0 Å². The summed E-state index contributed by atoms with van der Waals surface area (Å²) in [5, 5.41) is 8.46. The highest BCUT2D eigenvalue weighted by molar-refractivity contribution is 5.86. The second kappa shape index (κ2) is 19.6. The highest BCUT2D eigenvalue weighted by Gasteiger charge is 2.22. The van der Waals surface area contributed by atoms with Gasteiger partial charge in [0.05, 0.1) is 24.6 Å². The lowest BCUT2D eigenvalue weighted by atomic mass is 10.0. The van der Waals surface area contributed by atoms with Crippen LogP contribution in [0.5, 0.6) is 0 Å². The number of piperazine rings is 2. The van der Waals surface area contributed by atoms with Gasteiger partial charge in [-0.2, -0.15) is 0 Å². The quantitative estimate of drug-likeness (QED) is 0.170. The van der Waals surface area contributed by atoms with Crippen LogP contribution in [0.4, 0.5) is 5.69 Å². The van der Waals surface area contributed by atoms with Gasteiger partial charge in [0.1, 0.15) is 12.2 Å². The van der Waals surface area contributed by atoms with Gasteiger partial charge in [0.25, 0.3) is 0 Å². The number of hydrogen-bond acceptors (Lipinski definition) is 10. The lowest BCUT2D eigenvalue weighted by Crippen LogP contribution is -2.46. The summed E-state index contributed by atoms with van der Waals surface area (Å²) in [5.41, 5.74) is 6.31. The number of rotatable bonds is 19. The minimum Gasteiger partial charge on any atom is -0.392 e. The lowest BCUT2D eigenvalue weighted by molar-refractivity contribution is 0.0793. The van der Waals surface area contributed by atoms with Crippen molar-refractivity contribution in [2.24, 2.45) is 16.2 Å². The third-order valence-electron chi connectivity index (χ3n) is 10.7. The minimum absolute atomic E-state index is 0.186. The number of anilines is 1. The molecule has 0 aromatic heterocycles. The maximum absolute atomic E-state index is 5.98. The van der Waals surface area contributed by atoms with Crippen molar-refractivity contribution in [3.05, 3.63) is 53.8 Å². The molecule has 0 spiro atoms. The molecule has 6 rings (SSSR count). The molecular weight excluding hydrogens is 628 g/mol. The van der Waals surface area contributed by atoms with Crippen molar-refractivity contribution < 1.29 is 19.1 Å². The second-order valence-corrected chi connectivity index (χ2v) is 14.9. The normalized spacial score (nSPS) is 24.6. The fourth-order valence-electron chi connectivity index (χ4n) is 7.47. The van der Waals surface area contributed by atoms with Crippen LogP contribution in [0, 0.1) is 5.92 Å². The van der Waals surface area contributed by atoms with Crippen molar-refractivity contribution >= 4 is 17.1 Å². The van der Waals surface area contributed by atoms with Crippen LogP contribution in [0.3, 0.4) is 0 Å². The summed E-state index contributed by atoms with van der Waals surface area (Å²) in [6.07, 6.45) is 16.7. The van der Waals surface area contributed by atoms with Gasteiger partial charge in [-0.3, -0.25) is 9.80 Å². The van der Waals surface area contributed by atoms with Crippen molar-refractivity contribution in [3.8, 4) is 0 Å². The van der Waals surface area contributed by atoms with E-state index in [2.05, 4.69) is 79.3 Å².